The summed E-state index contributed by atoms with van der Waals surface area (Å²) >= 11 is -0.156. The van der Waals surface area contributed by atoms with Crippen molar-refractivity contribution in [3.63, 3.8) is 0 Å². The number of rotatable bonds is 3. The van der Waals surface area contributed by atoms with Crippen molar-refractivity contribution in [1.29, 1.82) is 0 Å². The summed E-state index contributed by atoms with van der Waals surface area (Å²) in [5.74, 6) is 0.110. The molecule has 3 nitrogen and oxygen atoms in total. The lowest BCUT2D eigenvalue weighted by Gasteiger charge is -2.14. The Balaban J connectivity index is 2.19. The molecule has 1 aromatic rings. The summed E-state index contributed by atoms with van der Waals surface area (Å²) < 4.78 is 36.5. The Morgan fingerprint density at radius 3 is 2.22 bits per heavy atom. The molecule has 1 saturated carbocycles. The topological polar surface area (TPSA) is 58.6 Å². The molecule has 98 valence electrons. The Labute approximate surface area is 106 Å². The van der Waals surface area contributed by atoms with E-state index in [9.17, 15) is 13.2 Å². The first-order valence-corrected chi connectivity index (χ1v) is 6.03. The Kier molecular flexibility index (Phi) is 3.18. The maximum absolute atomic E-state index is 12.2. The predicted molar refractivity (Wildman–Crippen MR) is 62.7 cm³/mol. The highest BCUT2D eigenvalue weighted by Gasteiger charge is 2.48. The maximum Gasteiger partial charge on any atom is 0.446 e. The van der Waals surface area contributed by atoms with Gasteiger partial charge < -0.3 is 10.9 Å². The zero-order valence-electron chi connectivity index (χ0n) is 9.24. The highest BCUT2D eigenvalue weighted by molar-refractivity contribution is 8.00. The summed E-state index contributed by atoms with van der Waals surface area (Å²) in [6.07, 6.45) is 1.49. The molecule has 1 aromatic carbocycles. The number of nitrogens with two attached hydrogens (primary N) is 1. The second-order valence-electron chi connectivity index (χ2n) is 4.14. The third-order valence-electron chi connectivity index (χ3n) is 2.99. The lowest BCUT2D eigenvalue weighted by molar-refractivity contribution is -0.0328. The van der Waals surface area contributed by atoms with Gasteiger partial charge in [0.2, 0.25) is 0 Å². The first-order chi connectivity index (χ1) is 8.37. The minimum Gasteiger partial charge on any atom is -0.409 e. The molecular weight excluding hydrogens is 265 g/mol. The molecule has 1 aliphatic carbocycles. The van der Waals surface area contributed by atoms with E-state index in [1.165, 1.54) is 12.1 Å². The Morgan fingerprint density at radius 1 is 1.28 bits per heavy atom. The smallest absolute Gasteiger partial charge is 0.409 e. The molecule has 0 saturated heterocycles. The van der Waals surface area contributed by atoms with Gasteiger partial charge in [-0.2, -0.15) is 13.2 Å². The molecule has 0 radical (unpaired) electrons. The number of amidine groups is 1. The van der Waals surface area contributed by atoms with E-state index in [4.69, 9.17) is 10.9 Å². The van der Waals surface area contributed by atoms with Crippen molar-refractivity contribution in [3.8, 4) is 0 Å². The molecule has 3 N–H and O–H groups in total. The summed E-state index contributed by atoms with van der Waals surface area (Å²) in [6.45, 7) is 0. The zero-order chi connectivity index (χ0) is 13.4. The van der Waals surface area contributed by atoms with E-state index in [2.05, 4.69) is 5.16 Å². The van der Waals surface area contributed by atoms with Crippen LogP contribution in [0.1, 0.15) is 18.4 Å². The van der Waals surface area contributed by atoms with Gasteiger partial charge in [0.25, 0.3) is 0 Å². The third-order valence-corrected chi connectivity index (χ3v) is 3.73. The molecule has 1 aliphatic rings. The Morgan fingerprint density at radius 2 is 1.83 bits per heavy atom. The number of halogens is 3. The zero-order valence-corrected chi connectivity index (χ0v) is 10.1. The molecular formula is C11H11F3N2OS. The van der Waals surface area contributed by atoms with Gasteiger partial charge in [-0.05, 0) is 42.3 Å². The lowest BCUT2D eigenvalue weighted by atomic mass is 9.95. The van der Waals surface area contributed by atoms with Crippen molar-refractivity contribution in [2.45, 2.75) is 28.7 Å². The van der Waals surface area contributed by atoms with Crippen LogP contribution in [0.25, 0.3) is 0 Å². The molecule has 0 unspecified atom stereocenters. The van der Waals surface area contributed by atoms with Crippen LogP contribution in [0.5, 0.6) is 0 Å². The van der Waals surface area contributed by atoms with Crippen molar-refractivity contribution in [3.05, 3.63) is 29.8 Å². The van der Waals surface area contributed by atoms with E-state index in [0.717, 1.165) is 18.4 Å². The van der Waals surface area contributed by atoms with Crippen LogP contribution in [0.4, 0.5) is 13.2 Å². The largest absolute Gasteiger partial charge is 0.446 e. The molecule has 0 heterocycles. The third kappa shape index (κ3) is 2.55. The van der Waals surface area contributed by atoms with Gasteiger partial charge >= 0.3 is 5.51 Å². The molecule has 0 aromatic heterocycles. The van der Waals surface area contributed by atoms with Gasteiger partial charge in [0.1, 0.15) is 5.84 Å². The first-order valence-electron chi connectivity index (χ1n) is 5.22. The summed E-state index contributed by atoms with van der Waals surface area (Å²) in [7, 11) is 0. The van der Waals surface area contributed by atoms with Crippen molar-refractivity contribution >= 4 is 17.6 Å². The molecule has 18 heavy (non-hydrogen) atoms. The van der Waals surface area contributed by atoms with Crippen molar-refractivity contribution in [2.24, 2.45) is 10.9 Å². The quantitative estimate of drug-likeness (QED) is 0.293. The minimum atomic E-state index is -4.29. The molecule has 0 amide bonds. The maximum atomic E-state index is 12.2. The Hall–Kier alpha value is -1.37. The second-order valence-corrected chi connectivity index (χ2v) is 5.28. The molecule has 7 heteroatoms. The predicted octanol–water partition coefficient (Wildman–Crippen LogP) is 3.08. The van der Waals surface area contributed by atoms with Gasteiger partial charge in [0.05, 0.1) is 5.41 Å². The number of benzene rings is 1. The lowest BCUT2D eigenvalue weighted by Crippen LogP contribution is -2.28. The number of nitrogens with zero attached hydrogens (tertiary/aromatic N) is 1. The minimum absolute atomic E-state index is 0.110. The molecule has 1 fully saturated rings. The molecule has 0 atom stereocenters. The van der Waals surface area contributed by atoms with Crippen LogP contribution in [0, 0.1) is 0 Å². The van der Waals surface area contributed by atoms with Gasteiger partial charge in [-0.15, -0.1) is 0 Å². The van der Waals surface area contributed by atoms with E-state index >= 15 is 0 Å². The van der Waals surface area contributed by atoms with Gasteiger partial charge in [-0.1, -0.05) is 17.3 Å². The van der Waals surface area contributed by atoms with Crippen LogP contribution in [0.3, 0.4) is 0 Å². The highest BCUT2D eigenvalue weighted by Crippen LogP contribution is 2.49. The molecule has 0 spiro atoms. The second kappa shape index (κ2) is 4.38. The van der Waals surface area contributed by atoms with E-state index < -0.39 is 10.9 Å². The average Bonchev–Trinajstić information content (AvgIpc) is 3.08. The summed E-state index contributed by atoms with van der Waals surface area (Å²) in [5, 5.41) is 11.7. The summed E-state index contributed by atoms with van der Waals surface area (Å²) in [4.78, 5) is 0.126. The van der Waals surface area contributed by atoms with Crippen LogP contribution in [0.15, 0.2) is 34.3 Å². The SMILES string of the molecule is NC(=NO)C1(c2ccc(SC(F)(F)F)cc2)CC1. The van der Waals surface area contributed by atoms with Crippen LogP contribution < -0.4 is 5.73 Å². The van der Waals surface area contributed by atoms with E-state index in [1.807, 2.05) is 0 Å². The molecule has 2 rings (SSSR count). The van der Waals surface area contributed by atoms with Crippen LogP contribution in [-0.4, -0.2) is 16.6 Å². The fourth-order valence-electron chi connectivity index (χ4n) is 1.89. The van der Waals surface area contributed by atoms with Crippen molar-refractivity contribution < 1.29 is 18.4 Å². The fourth-order valence-corrected chi connectivity index (χ4v) is 2.43. The van der Waals surface area contributed by atoms with Gasteiger partial charge in [0.15, 0.2) is 0 Å². The van der Waals surface area contributed by atoms with Crippen molar-refractivity contribution in [1.82, 2.24) is 0 Å². The standard InChI is InChI=1S/C11H11F3N2OS/c12-11(13,14)18-8-3-1-7(2-4-8)10(5-6-10)9(15)16-17/h1-4,17H,5-6H2,(H2,15,16). The number of hydrogen-bond acceptors (Lipinski definition) is 3. The fraction of sp³-hybridized carbons (Fsp3) is 0.364. The first kappa shape index (κ1) is 13.1. The molecule has 0 bridgehead atoms. The number of thioether (sulfide) groups is 1. The van der Waals surface area contributed by atoms with E-state index in [1.54, 1.807) is 12.1 Å². The number of alkyl halides is 3. The highest BCUT2D eigenvalue weighted by atomic mass is 32.2. The van der Waals surface area contributed by atoms with Crippen molar-refractivity contribution in [2.75, 3.05) is 0 Å². The van der Waals surface area contributed by atoms with Gasteiger partial charge in [-0.3, -0.25) is 0 Å². The Bertz CT molecular complexity index is 466. The van der Waals surface area contributed by atoms with E-state index in [0.29, 0.717) is 0 Å². The monoisotopic (exact) mass is 276 g/mol. The van der Waals surface area contributed by atoms with Gasteiger partial charge in [-0.25, -0.2) is 0 Å². The average molecular weight is 276 g/mol. The number of hydrogen-bond donors (Lipinski definition) is 2. The van der Waals surface area contributed by atoms with Gasteiger partial charge in [0, 0.05) is 4.90 Å². The van der Waals surface area contributed by atoms with Crippen LogP contribution >= 0.6 is 11.8 Å². The summed E-state index contributed by atoms with van der Waals surface area (Å²) in [6, 6.07) is 5.99. The van der Waals surface area contributed by atoms with Crippen LogP contribution in [-0.2, 0) is 5.41 Å². The normalized spacial score (nSPS) is 18.7. The number of oxime groups is 1. The van der Waals surface area contributed by atoms with Crippen LogP contribution in [0.2, 0.25) is 0 Å². The summed E-state index contributed by atoms with van der Waals surface area (Å²) in [5.41, 5.74) is 1.60. The molecule has 0 aliphatic heterocycles. The van der Waals surface area contributed by atoms with E-state index in [-0.39, 0.29) is 22.5 Å².